The first-order valence-electron chi connectivity index (χ1n) is 7.71. The molecule has 0 unspecified atom stereocenters. The maximum atomic E-state index is 12.7. The van der Waals surface area contributed by atoms with Gasteiger partial charge in [0.1, 0.15) is 5.69 Å². The molecule has 0 aliphatic carbocycles. The molecule has 10 heteroatoms. The number of carbonyl (C=O) groups is 1. The molecule has 3 rings (SSSR count). The van der Waals surface area contributed by atoms with Crippen LogP contribution < -0.4 is 10.5 Å². The first kappa shape index (κ1) is 21.3. The van der Waals surface area contributed by atoms with Crippen LogP contribution in [0.15, 0.2) is 59.6 Å². The van der Waals surface area contributed by atoms with Crippen molar-refractivity contribution in [1.82, 2.24) is 4.98 Å². The summed E-state index contributed by atoms with van der Waals surface area (Å²) >= 11 is 10.3. The second-order valence-corrected chi connectivity index (χ2v) is 10.1. The first-order valence-corrected chi connectivity index (χ1v) is 11.7. The number of primary amides is 1. The molecule has 0 spiro atoms. The summed E-state index contributed by atoms with van der Waals surface area (Å²) in [4.78, 5) is 15.8. The number of carbonyl (C=O) groups excluding carboxylic acids is 1. The Hall–Kier alpha value is -1.44. The molecule has 1 aromatic heterocycles. The minimum atomic E-state index is -3.83. The van der Waals surface area contributed by atoms with Crippen LogP contribution in [-0.2, 0) is 10.0 Å². The fourth-order valence-electron chi connectivity index (χ4n) is 2.48. The van der Waals surface area contributed by atoms with E-state index in [2.05, 4.69) is 54.9 Å². The minimum Gasteiger partial charge on any atom is -0.364 e. The number of hydrogen-bond acceptors (Lipinski definition) is 4. The highest BCUT2D eigenvalue weighted by molar-refractivity contribution is 14.1. The van der Waals surface area contributed by atoms with E-state index in [4.69, 9.17) is 17.3 Å². The van der Waals surface area contributed by atoms with Crippen molar-refractivity contribution in [2.45, 2.75) is 4.90 Å². The molecular formula is C18H12ClI2N3O3S. The number of halogens is 3. The van der Waals surface area contributed by atoms with Gasteiger partial charge in [-0.25, -0.2) is 8.42 Å². The lowest BCUT2D eigenvalue weighted by molar-refractivity contribution is 0.0996. The number of amides is 1. The monoisotopic (exact) mass is 639 g/mol. The van der Waals surface area contributed by atoms with E-state index in [1.807, 2.05) is 0 Å². The number of pyridine rings is 1. The topological polar surface area (TPSA) is 102 Å². The Morgan fingerprint density at radius 1 is 1.07 bits per heavy atom. The van der Waals surface area contributed by atoms with E-state index in [1.165, 1.54) is 18.3 Å². The third-order valence-electron chi connectivity index (χ3n) is 3.76. The van der Waals surface area contributed by atoms with Crippen molar-refractivity contribution in [2.24, 2.45) is 5.73 Å². The Bertz CT molecular complexity index is 1170. The second kappa shape index (κ2) is 8.51. The van der Waals surface area contributed by atoms with E-state index in [0.717, 1.165) is 7.14 Å². The largest absolute Gasteiger partial charge is 0.364 e. The van der Waals surface area contributed by atoms with Gasteiger partial charge in [0.25, 0.3) is 15.9 Å². The molecule has 0 saturated carbocycles. The molecule has 0 bridgehead atoms. The molecule has 3 aromatic rings. The molecular weight excluding hydrogens is 628 g/mol. The zero-order valence-electron chi connectivity index (χ0n) is 14.0. The Morgan fingerprint density at radius 3 is 2.36 bits per heavy atom. The standard InChI is InChI=1S/C18H12ClI2N3O3S/c19-13-9-11(20)3-6-15(13)24-28(26,27)12-4-1-10(2-5-12)16-14(21)7-8-23-17(16)18(22)25/h1-9,24H,(H2,22,25). The number of nitrogens with one attached hydrogen (secondary N) is 1. The maximum Gasteiger partial charge on any atom is 0.267 e. The predicted molar refractivity (Wildman–Crippen MR) is 126 cm³/mol. The van der Waals surface area contributed by atoms with E-state index in [9.17, 15) is 13.2 Å². The summed E-state index contributed by atoms with van der Waals surface area (Å²) in [5.41, 5.74) is 7.03. The number of nitrogens with zero attached hydrogens (tertiary/aromatic N) is 1. The van der Waals surface area contributed by atoms with E-state index in [0.29, 0.717) is 21.8 Å². The van der Waals surface area contributed by atoms with Gasteiger partial charge >= 0.3 is 0 Å². The molecule has 1 heterocycles. The van der Waals surface area contributed by atoms with Gasteiger partial charge in [-0.2, -0.15) is 0 Å². The van der Waals surface area contributed by atoms with Gasteiger partial charge in [-0.05, 0) is 87.1 Å². The van der Waals surface area contributed by atoms with Gasteiger partial charge in [-0.3, -0.25) is 14.5 Å². The Morgan fingerprint density at radius 2 is 1.75 bits per heavy atom. The average molecular weight is 640 g/mol. The lowest BCUT2D eigenvalue weighted by Crippen LogP contribution is -2.15. The molecule has 3 N–H and O–H groups in total. The molecule has 0 atom stereocenters. The van der Waals surface area contributed by atoms with Crippen molar-refractivity contribution in [1.29, 1.82) is 0 Å². The number of nitrogens with two attached hydrogens (primary N) is 1. The van der Waals surface area contributed by atoms with Gasteiger partial charge in [0.15, 0.2) is 0 Å². The smallest absolute Gasteiger partial charge is 0.267 e. The van der Waals surface area contributed by atoms with Crippen molar-refractivity contribution >= 4 is 78.4 Å². The number of benzene rings is 2. The lowest BCUT2D eigenvalue weighted by Gasteiger charge is -2.12. The number of sulfonamides is 1. The maximum absolute atomic E-state index is 12.7. The van der Waals surface area contributed by atoms with E-state index >= 15 is 0 Å². The molecule has 28 heavy (non-hydrogen) atoms. The number of hydrogen-bond donors (Lipinski definition) is 2. The summed E-state index contributed by atoms with van der Waals surface area (Å²) in [5.74, 6) is -0.653. The first-order chi connectivity index (χ1) is 13.2. The van der Waals surface area contributed by atoms with Crippen LogP contribution in [0.1, 0.15) is 10.5 Å². The van der Waals surface area contributed by atoms with Crippen molar-refractivity contribution < 1.29 is 13.2 Å². The quantitative estimate of drug-likeness (QED) is 0.402. The highest BCUT2D eigenvalue weighted by Crippen LogP contribution is 2.30. The highest BCUT2D eigenvalue weighted by atomic mass is 127. The fraction of sp³-hybridized carbons (Fsp3) is 0. The van der Waals surface area contributed by atoms with Crippen LogP contribution in [-0.4, -0.2) is 19.3 Å². The van der Waals surface area contributed by atoms with Gasteiger partial charge < -0.3 is 5.73 Å². The van der Waals surface area contributed by atoms with E-state index < -0.39 is 15.9 Å². The SMILES string of the molecule is NC(=O)c1nccc(I)c1-c1ccc(S(=O)(=O)Nc2ccc(I)cc2Cl)cc1. The third-order valence-corrected chi connectivity index (χ3v) is 7.03. The van der Waals surface area contributed by atoms with Crippen LogP contribution >= 0.6 is 56.8 Å². The van der Waals surface area contributed by atoms with Gasteiger partial charge in [-0.15, -0.1) is 0 Å². The van der Waals surface area contributed by atoms with Crippen LogP contribution in [0.2, 0.25) is 5.02 Å². The number of anilines is 1. The molecule has 1 amide bonds. The predicted octanol–water partition coefficient (Wildman–Crippen LogP) is 4.51. The van der Waals surface area contributed by atoms with Gasteiger partial charge in [-0.1, -0.05) is 23.7 Å². The average Bonchev–Trinajstić information content (AvgIpc) is 2.64. The zero-order chi connectivity index (χ0) is 20.5. The summed E-state index contributed by atoms with van der Waals surface area (Å²) in [6, 6.07) is 12.9. The summed E-state index contributed by atoms with van der Waals surface area (Å²) in [6.07, 6.45) is 1.50. The van der Waals surface area contributed by atoms with Gasteiger partial charge in [0.2, 0.25) is 0 Å². The van der Waals surface area contributed by atoms with Crippen LogP contribution in [0, 0.1) is 7.14 Å². The molecule has 0 aliphatic rings. The summed E-state index contributed by atoms with van der Waals surface area (Å²) in [5, 5.41) is 0.308. The fourth-order valence-corrected chi connectivity index (χ4v) is 5.24. The summed E-state index contributed by atoms with van der Waals surface area (Å²) in [7, 11) is -3.83. The Balaban J connectivity index is 1.96. The molecule has 0 fully saturated rings. The lowest BCUT2D eigenvalue weighted by atomic mass is 10.0. The van der Waals surface area contributed by atoms with Crippen molar-refractivity contribution in [3.05, 3.63) is 72.6 Å². The van der Waals surface area contributed by atoms with E-state index in [1.54, 1.807) is 36.4 Å². The molecule has 0 aliphatic heterocycles. The van der Waals surface area contributed by atoms with Crippen LogP contribution in [0.4, 0.5) is 5.69 Å². The second-order valence-electron chi connectivity index (χ2n) is 5.63. The highest BCUT2D eigenvalue weighted by Gasteiger charge is 2.18. The molecule has 0 saturated heterocycles. The minimum absolute atomic E-state index is 0.0605. The summed E-state index contributed by atoms with van der Waals surface area (Å²) in [6.45, 7) is 0. The molecule has 144 valence electrons. The number of rotatable bonds is 5. The normalized spacial score (nSPS) is 11.2. The summed E-state index contributed by atoms with van der Waals surface area (Å²) < 4.78 is 29.5. The molecule has 6 nitrogen and oxygen atoms in total. The molecule has 0 radical (unpaired) electrons. The molecule has 2 aromatic carbocycles. The van der Waals surface area contributed by atoms with Crippen molar-refractivity contribution in [2.75, 3.05) is 4.72 Å². The number of aromatic nitrogens is 1. The third kappa shape index (κ3) is 4.58. The Labute approximate surface area is 194 Å². The van der Waals surface area contributed by atoms with Crippen LogP contribution in [0.3, 0.4) is 0 Å². The van der Waals surface area contributed by atoms with Crippen molar-refractivity contribution in [3.8, 4) is 11.1 Å². The van der Waals surface area contributed by atoms with Crippen LogP contribution in [0.5, 0.6) is 0 Å². The van der Waals surface area contributed by atoms with Gasteiger partial charge in [0.05, 0.1) is 15.6 Å². The zero-order valence-corrected chi connectivity index (χ0v) is 19.9. The Kier molecular flexibility index (Phi) is 6.47. The van der Waals surface area contributed by atoms with Gasteiger partial charge in [0, 0.05) is 18.9 Å². The van der Waals surface area contributed by atoms with E-state index in [-0.39, 0.29) is 10.6 Å². The van der Waals surface area contributed by atoms with Crippen molar-refractivity contribution in [3.63, 3.8) is 0 Å². The van der Waals surface area contributed by atoms with Crippen LogP contribution in [0.25, 0.3) is 11.1 Å².